The van der Waals surface area contributed by atoms with Crippen LogP contribution < -0.4 is 4.31 Å². The quantitative estimate of drug-likeness (QED) is 0.121. The van der Waals surface area contributed by atoms with Crippen molar-refractivity contribution in [2.24, 2.45) is 4.99 Å². The number of aryl methyl sites for hydroxylation is 1. The molecule has 0 saturated heterocycles. The number of nitrogens with zero attached hydrogens (tertiary/aromatic N) is 4. The largest absolute Gasteiger partial charge is 0.360 e. The lowest BCUT2D eigenvalue weighted by Gasteiger charge is -2.29. The summed E-state index contributed by atoms with van der Waals surface area (Å²) in [7, 11) is -6.25. The van der Waals surface area contributed by atoms with Crippen molar-refractivity contribution in [1.29, 1.82) is 0 Å². The zero-order valence-electron chi connectivity index (χ0n) is 30.5. The number of hydrogen-bond donors (Lipinski definition) is 0. The Morgan fingerprint density at radius 3 is 2.38 bits per heavy atom. The fourth-order valence-corrected chi connectivity index (χ4v) is 8.61. The van der Waals surface area contributed by atoms with Gasteiger partial charge in [0, 0.05) is 35.8 Å². The van der Waals surface area contributed by atoms with Gasteiger partial charge in [-0.15, -0.1) is 0 Å². The van der Waals surface area contributed by atoms with Crippen molar-refractivity contribution < 1.29 is 31.3 Å². The third-order valence-electron chi connectivity index (χ3n) is 10.1. The maximum atomic E-state index is 15.6. The summed E-state index contributed by atoms with van der Waals surface area (Å²) in [6, 6.07) is 10.7. The van der Waals surface area contributed by atoms with Crippen LogP contribution in [0, 0.1) is 13.8 Å². The minimum absolute atomic E-state index is 0.00678. The highest BCUT2D eigenvalue weighted by atomic mass is 32.2. The van der Waals surface area contributed by atoms with Crippen LogP contribution in [0.3, 0.4) is 0 Å². The average molecular weight is 729 g/mol. The Hall–Kier alpha value is -3.42. The van der Waals surface area contributed by atoms with Crippen LogP contribution >= 0.6 is 0 Å². The zero-order valence-corrected chi connectivity index (χ0v) is 32.3. The van der Waals surface area contributed by atoms with Crippen LogP contribution in [0.2, 0.25) is 19.6 Å². The Morgan fingerprint density at radius 2 is 1.78 bits per heavy atom. The van der Waals surface area contributed by atoms with E-state index in [1.54, 1.807) is 36.9 Å². The summed E-state index contributed by atoms with van der Waals surface area (Å²) >= 11 is 0. The van der Waals surface area contributed by atoms with Gasteiger partial charge in [-0.25, -0.2) is 21.5 Å². The number of hydrogen-bond acceptors (Lipinski definition) is 7. The second kappa shape index (κ2) is 14.3. The number of carbonyl (C=O) groups excluding carboxylic acids is 1. The third kappa shape index (κ3) is 7.45. The first-order valence-electron chi connectivity index (χ1n) is 17.5. The fourth-order valence-electron chi connectivity index (χ4n) is 6.50. The summed E-state index contributed by atoms with van der Waals surface area (Å²) in [5.74, 6) is -2.67. The summed E-state index contributed by atoms with van der Waals surface area (Å²) < 4.78 is 73.1. The molecule has 5 rings (SSSR count). The number of amidine groups is 1. The summed E-state index contributed by atoms with van der Waals surface area (Å²) in [4.78, 5) is 20.2. The summed E-state index contributed by atoms with van der Waals surface area (Å²) in [6.45, 7) is 14.3. The maximum absolute atomic E-state index is 15.6. The Kier molecular flexibility index (Phi) is 10.8. The molecule has 0 radical (unpaired) electrons. The summed E-state index contributed by atoms with van der Waals surface area (Å²) in [5, 5.41) is 3.99. The van der Waals surface area contributed by atoms with E-state index in [1.165, 1.54) is 24.3 Å². The minimum atomic E-state index is -4.43. The Bertz CT molecular complexity index is 1860. The second-order valence-corrected chi connectivity index (χ2v) is 22.3. The van der Waals surface area contributed by atoms with Crippen LogP contribution in [0.4, 0.5) is 14.7 Å². The molecule has 1 spiro atoms. The van der Waals surface area contributed by atoms with Crippen LogP contribution in [-0.2, 0) is 32.0 Å². The summed E-state index contributed by atoms with van der Waals surface area (Å²) in [6.07, 6.45) is 5.72. The average Bonchev–Trinajstić information content (AvgIpc) is 3.74. The van der Waals surface area contributed by atoms with Gasteiger partial charge in [-0.3, -0.25) is 14.7 Å². The molecule has 13 heteroatoms. The van der Waals surface area contributed by atoms with Crippen molar-refractivity contribution in [1.82, 2.24) is 10.1 Å². The molecule has 2 aromatic carbocycles. The standard InChI is InChI=1S/C37H50F2N4O5SSi/c1-9-10-17-33-40-37(20-13-14-21-37)35(44)42(33)23-28-18-19-29(31(22-28)36(5,38)39)30-15-11-12-16-32(30)49(45,46)43(24-47-27(4)50(6,7)8)34-25(2)26(3)41-48-34/h11-12,15-16,18-19,22,27H,9-10,13-14,17,20-21,23-24H2,1-8H3. The van der Waals surface area contributed by atoms with E-state index in [0.29, 0.717) is 41.9 Å². The molecular formula is C37H50F2N4O5SSi. The molecule has 2 heterocycles. The number of alkyl halides is 2. The number of halogens is 2. The first-order chi connectivity index (χ1) is 23.4. The van der Waals surface area contributed by atoms with Gasteiger partial charge in [0.2, 0.25) is 5.88 Å². The predicted molar refractivity (Wildman–Crippen MR) is 195 cm³/mol. The molecule has 1 saturated carbocycles. The smallest absolute Gasteiger partial charge is 0.271 e. The number of sulfonamides is 1. The molecule has 1 aliphatic heterocycles. The van der Waals surface area contributed by atoms with E-state index in [-0.39, 0.29) is 52.4 Å². The number of ether oxygens (including phenoxy) is 1. The molecule has 1 unspecified atom stereocenters. The highest BCUT2D eigenvalue weighted by molar-refractivity contribution is 7.93. The molecule has 272 valence electrons. The van der Waals surface area contributed by atoms with E-state index in [0.717, 1.165) is 36.9 Å². The van der Waals surface area contributed by atoms with Crippen molar-refractivity contribution in [2.75, 3.05) is 11.0 Å². The normalized spacial score (nSPS) is 17.1. The molecule has 1 amide bonds. The number of benzene rings is 2. The van der Waals surface area contributed by atoms with Crippen LogP contribution in [0.25, 0.3) is 11.1 Å². The van der Waals surface area contributed by atoms with Gasteiger partial charge >= 0.3 is 0 Å². The van der Waals surface area contributed by atoms with Gasteiger partial charge < -0.3 is 9.26 Å². The second-order valence-electron chi connectivity index (χ2n) is 14.9. The monoisotopic (exact) mass is 728 g/mol. The number of rotatable bonds is 14. The van der Waals surface area contributed by atoms with Gasteiger partial charge in [0.15, 0.2) is 0 Å². The fraction of sp³-hybridized carbons (Fsp3) is 0.541. The van der Waals surface area contributed by atoms with E-state index in [4.69, 9.17) is 14.3 Å². The van der Waals surface area contributed by atoms with E-state index in [1.807, 2.05) is 6.92 Å². The topological polar surface area (TPSA) is 105 Å². The van der Waals surface area contributed by atoms with Gasteiger partial charge in [0.1, 0.15) is 18.1 Å². The van der Waals surface area contributed by atoms with Crippen molar-refractivity contribution in [2.45, 2.75) is 128 Å². The number of amides is 1. The Labute approximate surface area is 296 Å². The molecule has 0 N–H and O–H groups in total. The lowest BCUT2D eigenvalue weighted by Crippen LogP contribution is -2.42. The minimum Gasteiger partial charge on any atom is -0.360 e. The van der Waals surface area contributed by atoms with Crippen LogP contribution in [0.5, 0.6) is 0 Å². The predicted octanol–water partition coefficient (Wildman–Crippen LogP) is 8.75. The number of aliphatic imine (C=N–C) groups is 1. The lowest BCUT2D eigenvalue weighted by molar-refractivity contribution is -0.131. The molecule has 50 heavy (non-hydrogen) atoms. The van der Waals surface area contributed by atoms with Crippen LogP contribution in [-0.4, -0.2) is 56.3 Å². The molecule has 3 aromatic rings. The van der Waals surface area contributed by atoms with Crippen molar-refractivity contribution in [3.8, 4) is 11.1 Å². The molecule has 0 bridgehead atoms. The van der Waals surface area contributed by atoms with Gasteiger partial charge in [0.05, 0.1) is 25.2 Å². The van der Waals surface area contributed by atoms with Crippen LogP contribution in [0.1, 0.15) is 88.1 Å². The SMILES string of the molecule is CCCCC1=NC2(CCCC2)C(=O)N1Cc1ccc(-c2ccccc2S(=O)(=O)N(COC(C)[Si](C)(C)C)c2onc(C)c2C)c(C(C)(F)F)c1. The highest BCUT2D eigenvalue weighted by Gasteiger charge is 2.49. The van der Waals surface area contributed by atoms with E-state index >= 15 is 8.78 Å². The van der Waals surface area contributed by atoms with Crippen molar-refractivity contribution in [3.05, 3.63) is 64.8 Å². The number of aromatic nitrogens is 1. The van der Waals surface area contributed by atoms with Crippen molar-refractivity contribution >= 4 is 35.7 Å². The van der Waals surface area contributed by atoms with Gasteiger partial charge in [-0.05, 0) is 63.3 Å². The van der Waals surface area contributed by atoms with Gasteiger partial charge in [0.25, 0.3) is 21.9 Å². The van der Waals surface area contributed by atoms with E-state index < -0.39 is 29.6 Å². The van der Waals surface area contributed by atoms with E-state index in [2.05, 4.69) is 31.7 Å². The van der Waals surface area contributed by atoms with Gasteiger partial charge in [-0.1, -0.05) is 81.3 Å². The lowest BCUT2D eigenvalue weighted by atomic mass is 9.93. The molecule has 9 nitrogen and oxygen atoms in total. The molecule has 2 aliphatic rings. The Balaban J connectivity index is 1.56. The number of anilines is 1. The molecule has 1 aromatic heterocycles. The third-order valence-corrected chi connectivity index (χ3v) is 14.5. The molecule has 1 fully saturated rings. The van der Waals surface area contributed by atoms with Crippen molar-refractivity contribution in [3.63, 3.8) is 0 Å². The molecule has 1 atom stereocenters. The van der Waals surface area contributed by atoms with E-state index in [9.17, 15) is 13.2 Å². The van der Waals surface area contributed by atoms with Gasteiger partial charge in [-0.2, -0.15) is 0 Å². The molecule has 1 aliphatic carbocycles. The number of unbranched alkanes of at least 4 members (excludes halogenated alkanes) is 1. The Morgan fingerprint density at radius 1 is 1.10 bits per heavy atom. The first kappa shape index (κ1) is 37.8. The highest BCUT2D eigenvalue weighted by Crippen LogP contribution is 2.43. The molecular weight excluding hydrogens is 679 g/mol. The number of carbonyl (C=O) groups is 1. The van der Waals surface area contributed by atoms with Crippen LogP contribution in [0.15, 0.2) is 56.9 Å². The zero-order chi connectivity index (χ0) is 36.6. The maximum Gasteiger partial charge on any atom is 0.271 e. The summed E-state index contributed by atoms with van der Waals surface area (Å²) in [5.41, 5.74) is 0.469. The first-order valence-corrected chi connectivity index (χ1v) is 22.5.